The maximum atomic E-state index is 11.2. The highest BCUT2D eigenvalue weighted by molar-refractivity contribution is 6.82. The summed E-state index contributed by atoms with van der Waals surface area (Å²) < 4.78 is 10.5. The SMILES string of the molecule is CCOC(=O)/C=C\[C@H]1O[C@@H]1[Si](C)(C)C(C)(C)C. The van der Waals surface area contributed by atoms with Crippen LogP contribution in [-0.2, 0) is 14.3 Å². The quantitative estimate of drug-likeness (QED) is 0.336. The van der Waals surface area contributed by atoms with Crippen molar-refractivity contribution in [2.45, 2.75) is 57.7 Å². The minimum atomic E-state index is -1.45. The Morgan fingerprint density at radius 3 is 2.47 bits per heavy atom. The smallest absolute Gasteiger partial charge is 0.330 e. The molecule has 1 saturated heterocycles. The van der Waals surface area contributed by atoms with Gasteiger partial charge in [-0.15, -0.1) is 0 Å². The summed E-state index contributed by atoms with van der Waals surface area (Å²) in [5.74, 6) is -0.281. The second-order valence-corrected chi connectivity index (χ2v) is 11.6. The maximum Gasteiger partial charge on any atom is 0.330 e. The minimum Gasteiger partial charge on any atom is -0.463 e. The zero-order chi connectivity index (χ0) is 13.3. The van der Waals surface area contributed by atoms with E-state index in [0.29, 0.717) is 17.4 Å². The largest absolute Gasteiger partial charge is 0.463 e. The molecular formula is C13H24O3Si. The third-order valence-electron chi connectivity index (χ3n) is 3.88. The lowest BCUT2D eigenvalue weighted by Crippen LogP contribution is -2.44. The van der Waals surface area contributed by atoms with Gasteiger partial charge in [0.2, 0.25) is 0 Å². The van der Waals surface area contributed by atoms with E-state index in [1.807, 2.05) is 6.08 Å². The molecule has 0 aromatic rings. The van der Waals surface area contributed by atoms with Gasteiger partial charge in [0.1, 0.15) is 0 Å². The van der Waals surface area contributed by atoms with Gasteiger partial charge >= 0.3 is 5.97 Å². The molecule has 1 fully saturated rings. The molecule has 2 atom stereocenters. The number of carbonyl (C=O) groups excluding carboxylic acids is 1. The van der Waals surface area contributed by atoms with E-state index in [4.69, 9.17) is 9.47 Å². The van der Waals surface area contributed by atoms with E-state index < -0.39 is 8.07 Å². The second kappa shape index (κ2) is 4.94. The van der Waals surface area contributed by atoms with Crippen molar-refractivity contribution >= 4 is 14.0 Å². The molecule has 0 saturated carbocycles. The molecule has 1 heterocycles. The highest BCUT2D eigenvalue weighted by Crippen LogP contribution is 2.46. The fraction of sp³-hybridized carbons (Fsp3) is 0.769. The zero-order valence-electron chi connectivity index (χ0n) is 11.7. The summed E-state index contributed by atoms with van der Waals surface area (Å²) in [6, 6.07) is 0. The fourth-order valence-corrected chi connectivity index (χ4v) is 3.92. The summed E-state index contributed by atoms with van der Waals surface area (Å²) in [5, 5.41) is 0.310. The molecule has 0 aromatic carbocycles. The van der Waals surface area contributed by atoms with Crippen molar-refractivity contribution < 1.29 is 14.3 Å². The van der Waals surface area contributed by atoms with Crippen LogP contribution < -0.4 is 0 Å². The Morgan fingerprint density at radius 2 is 2.00 bits per heavy atom. The standard InChI is InChI=1S/C13H24O3Si/c1-7-15-11(14)9-8-10-12(16-10)17(5,6)13(2,3)4/h8-10,12H,7H2,1-6H3/b9-8-/t10-,12-/m1/s1. The zero-order valence-corrected chi connectivity index (χ0v) is 12.7. The van der Waals surface area contributed by atoms with Gasteiger partial charge in [-0.25, -0.2) is 4.79 Å². The number of ether oxygens (including phenoxy) is 2. The molecule has 1 aliphatic heterocycles. The van der Waals surface area contributed by atoms with Crippen LogP contribution in [-0.4, -0.2) is 32.5 Å². The molecule has 4 heteroatoms. The summed E-state index contributed by atoms with van der Waals surface area (Å²) in [6.45, 7) is 13.7. The van der Waals surface area contributed by atoms with Gasteiger partial charge in [0.05, 0.1) is 26.5 Å². The Morgan fingerprint density at radius 1 is 1.41 bits per heavy atom. The molecule has 0 spiro atoms. The second-order valence-electron chi connectivity index (χ2n) is 6.10. The average molecular weight is 256 g/mol. The number of hydrogen-bond donors (Lipinski definition) is 0. The van der Waals surface area contributed by atoms with Crippen molar-refractivity contribution in [2.75, 3.05) is 6.61 Å². The van der Waals surface area contributed by atoms with Gasteiger partial charge < -0.3 is 9.47 Å². The first-order valence-electron chi connectivity index (χ1n) is 6.20. The van der Waals surface area contributed by atoms with E-state index in [0.717, 1.165) is 0 Å². The Hall–Kier alpha value is -0.613. The summed E-state index contributed by atoms with van der Waals surface area (Å²) in [6.07, 6.45) is 3.44. The Labute approximate surface area is 105 Å². The minimum absolute atomic E-state index is 0.111. The van der Waals surface area contributed by atoms with Crippen LogP contribution in [0.5, 0.6) is 0 Å². The first-order valence-corrected chi connectivity index (χ1v) is 9.28. The molecule has 0 N–H and O–H groups in total. The van der Waals surface area contributed by atoms with Crippen LogP contribution in [0.1, 0.15) is 27.7 Å². The maximum absolute atomic E-state index is 11.2. The summed E-state index contributed by atoms with van der Waals surface area (Å²) >= 11 is 0. The van der Waals surface area contributed by atoms with Crippen LogP contribution in [0.2, 0.25) is 18.1 Å². The molecule has 0 aliphatic carbocycles. The van der Waals surface area contributed by atoms with Crippen LogP contribution in [0.25, 0.3) is 0 Å². The molecule has 1 aliphatic rings. The third-order valence-corrected chi connectivity index (χ3v) is 9.63. The van der Waals surface area contributed by atoms with Crippen LogP contribution in [0, 0.1) is 0 Å². The summed E-state index contributed by atoms with van der Waals surface area (Å²) in [4.78, 5) is 11.2. The van der Waals surface area contributed by atoms with Gasteiger partial charge in [-0.2, -0.15) is 0 Å². The van der Waals surface area contributed by atoms with Gasteiger partial charge in [-0.1, -0.05) is 33.9 Å². The van der Waals surface area contributed by atoms with Gasteiger partial charge in [-0.3, -0.25) is 0 Å². The molecule has 0 bridgehead atoms. The molecular weight excluding hydrogens is 232 g/mol. The highest BCUT2D eigenvalue weighted by atomic mass is 28.3. The van der Waals surface area contributed by atoms with E-state index in [1.165, 1.54) is 6.08 Å². The van der Waals surface area contributed by atoms with Crippen LogP contribution in [0.15, 0.2) is 12.2 Å². The van der Waals surface area contributed by atoms with Crippen LogP contribution in [0.4, 0.5) is 0 Å². The highest BCUT2D eigenvalue weighted by Gasteiger charge is 2.54. The fourth-order valence-electron chi connectivity index (χ4n) is 1.64. The lowest BCUT2D eigenvalue weighted by Gasteiger charge is -2.35. The van der Waals surface area contributed by atoms with Crippen LogP contribution >= 0.6 is 0 Å². The number of esters is 1. The molecule has 98 valence electrons. The first-order chi connectivity index (χ1) is 7.70. The van der Waals surface area contributed by atoms with Crippen molar-refractivity contribution in [3.63, 3.8) is 0 Å². The Bertz CT molecular complexity index is 315. The molecule has 0 radical (unpaired) electrons. The van der Waals surface area contributed by atoms with E-state index >= 15 is 0 Å². The van der Waals surface area contributed by atoms with E-state index in [2.05, 4.69) is 33.9 Å². The van der Waals surface area contributed by atoms with Crippen molar-refractivity contribution in [1.29, 1.82) is 0 Å². The lowest BCUT2D eigenvalue weighted by molar-refractivity contribution is -0.137. The molecule has 1 rings (SSSR count). The van der Waals surface area contributed by atoms with E-state index in [9.17, 15) is 4.79 Å². The molecule has 17 heavy (non-hydrogen) atoms. The van der Waals surface area contributed by atoms with Crippen molar-refractivity contribution in [2.24, 2.45) is 0 Å². The molecule has 0 aromatic heterocycles. The first kappa shape index (κ1) is 14.4. The van der Waals surface area contributed by atoms with Crippen LogP contribution in [0.3, 0.4) is 0 Å². The van der Waals surface area contributed by atoms with Crippen molar-refractivity contribution in [3.05, 3.63) is 12.2 Å². The van der Waals surface area contributed by atoms with Crippen molar-refractivity contribution in [3.8, 4) is 0 Å². The van der Waals surface area contributed by atoms with E-state index in [-0.39, 0.29) is 12.1 Å². The predicted molar refractivity (Wildman–Crippen MR) is 71.6 cm³/mol. The molecule has 0 unspecified atom stereocenters. The van der Waals surface area contributed by atoms with Gasteiger partial charge in [-0.05, 0) is 18.0 Å². The summed E-state index contributed by atoms with van der Waals surface area (Å²) in [5.41, 5.74) is 0.327. The monoisotopic (exact) mass is 256 g/mol. The topological polar surface area (TPSA) is 38.8 Å². The van der Waals surface area contributed by atoms with Crippen molar-refractivity contribution in [1.82, 2.24) is 0 Å². The normalized spacial score (nSPS) is 25.1. The number of carbonyl (C=O) groups is 1. The number of hydrogen-bond acceptors (Lipinski definition) is 3. The average Bonchev–Trinajstić information content (AvgIpc) is 2.93. The lowest BCUT2D eigenvalue weighted by atomic mass is 10.2. The Kier molecular flexibility index (Phi) is 4.20. The summed E-state index contributed by atoms with van der Waals surface area (Å²) in [7, 11) is -1.45. The third kappa shape index (κ3) is 3.42. The predicted octanol–water partition coefficient (Wildman–Crippen LogP) is 2.92. The Balaban J connectivity index is 2.52. The van der Waals surface area contributed by atoms with Gasteiger partial charge in [0.15, 0.2) is 0 Å². The number of epoxide rings is 1. The van der Waals surface area contributed by atoms with Gasteiger partial charge in [0.25, 0.3) is 0 Å². The number of rotatable bonds is 4. The molecule has 0 amide bonds. The van der Waals surface area contributed by atoms with Gasteiger partial charge in [0, 0.05) is 6.08 Å². The van der Waals surface area contributed by atoms with E-state index in [1.54, 1.807) is 6.92 Å². The molecule has 3 nitrogen and oxygen atoms in total.